The van der Waals surface area contributed by atoms with Gasteiger partial charge < -0.3 is 14.9 Å². The summed E-state index contributed by atoms with van der Waals surface area (Å²) >= 11 is 5.98. The normalized spacial score (nSPS) is 18.6. The number of benzene rings is 1. The van der Waals surface area contributed by atoms with Crippen molar-refractivity contribution in [3.63, 3.8) is 0 Å². The molecule has 1 fully saturated rings. The van der Waals surface area contributed by atoms with Crippen molar-refractivity contribution in [1.82, 2.24) is 14.9 Å². The first-order valence-electron chi connectivity index (χ1n) is 11.1. The molecule has 2 aromatic heterocycles. The van der Waals surface area contributed by atoms with Gasteiger partial charge in [-0.1, -0.05) is 11.6 Å². The molecule has 4 rings (SSSR count). The zero-order chi connectivity index (χ0) is 23.9. The molecule has 1 N–H and O–H groups in total. The lowest BCUT2D eigenvalue weighted by Crippen LogP contribution is -2.41. The zero-order valence-corrected chi connectivity index (χ0v) is 20.0. The number of rotatable bonds is 5. The monoisotopic (exact) mass is 470 g/mol. The first kappa shape index (κ1) is 23.4. The Balaban J connectivity index is 1.81. The van der Waals surface area contributed by atoms with Crippen LogP contribution in [-0.2, 0) is 0 Å². The van der Waals surface area contributed by atoms with E-state index in [0.717, 1.165) is 31.4 Å². The molecular formula is C25H28ClFN4O2. The molecule has 3 aromatic rings. The molecule has 1 aliphatic rings. The standard InChI is InChI=1S/C25H28ClFN4O2/c1-14(32)18-13-28-22-10-9-21(15-11-19(26)25(33)20(27)12-15)29-23(22)24(18)31(4)17-7-5-16(6-8-17)30(2)3/h9-13,16-17,33H,5-8H2,1-4H3/t16-,17-. The Labute approximate surface area is 198 Å². The minimum absolute atomic E-state index is 0.0841. The molecule has 0 saturated heterocycles. The Morgan fingerprint density at radius 1 is 1.12 bits per heavy atom. The van der Waals surface area contributed by atoms with E-state index in [1.54, 1.807) is 18.3 Å². The third-order valence-corrected chi connectivity index (χ3v) is 6.96. The van der Waals surface area contributed by atoms with E-state index in [1.807, 2.05) is 7.05 Å². The third-order valence-electron chi connectivity index (χ3n) is 6.68. The van der Waals surface area contributed by atoms with Crippen molar-refractivity contribution in [3.8, 4) is 17.0 Å². The number of hydrogen-bond donors (Lipinski definition) is 1. The number of carbonyl (C=O) groups excluding carboxylic acids is 1. The SMILES string of the molecule is CC(=O)c1cnc2ccc(-c3cc(F)c(O)c(Cl)c3)nc2c1N(C)[C@H]1CC[C@H](N(C)C)CC1. The molecule has 1 aliphatic carbocycles. The van der Waals surface area contributed by atoms with Gasteiger partial charge in [0.1, 0.15) is 5.52 Å². The number of phenols is 1. The molecule has 2 heterocycles. The minimum Gasteiger partial charge on any atom is -0.504 e. The van der Waals surface area contributed by atoms with Crippen LogP contribution < -0.4 is 4.90 Å². The van der Waals surface area contributed by atoms with Crippen molar-refractivity contribution >= 4 is 34.1 Å². The second-order valence-corrected chi connectivity index (χ2v) is 9.37. The molecular weight excluding hydrogens is 443 g/mol. The molecule has 8 heteroatoms. The molecule has 0 aliphatic heterocycles. The molecule has 0 bridgehead atoms. The number of aromatic hydroxyl groups is 1. The highest BCUT2D eigenvalue weighted by molar-refractivity contribution is 6.32. The van der Waals surface area contributed by atoms with Gasteiger partial charge >= 0.3 is 0 Å². The van der Waals surface area contributed by atoms with Crippen LogP contribution >= 0.6 is 11.6 Å². The second kappa shape index (κ2) is 9.23. The highest BCUT2D eigenvalue weighted by Gasteiger charge is 2.28. The number of anilines is 1. The Morgan fingerprint density at radius 3 is 2.39 bits per heavy atom. The van der Waals surface area contributed by atoms with Crippen molar-refractivity contribution in [2.45, 2.75) is 44.7 Å². The number of pyridine rings is 2. The fourth-order valence-electron chi connectivity index (χ4n) is 4.69. The number of aromatic nitrogens is 2. The van der Waals surface area contributed by atoms with Gasteiger partial charge in [0, 0.05) is 30.9 Å². The molecule has 0 amide bonds. The molecule has 0 unspecified atom stereocenters. The van der Waals surface area contributed by atoms with Crippen LogP contribution in [0, 0.1) is 5.82 Å². The molecule has 0 radical (unpaired) electrons. The van der Waals surface area contributed by atoms with Crippen molar-refractivity contribution in [3.05, 3.63) is 46.9 Å². The molecule has 1 saturated carbocycles. The molecule has 0 atom stereocenters. The van der Waals surface area contributed by atoms with E-state index in [4.69, 9.17) is 16.6 Å². The van der Waals surface area contributed by atoms with Crippen LogP contribution in [0.5, 0.6) is 5.75 Å². The maximum absolute atomic E-state index is 14.1. The average molecular weight is 471 g/mol. The Hall–Kier alpha value is -2.77. The highest BCUT2D eigenvalue weighted by Crippen LogP contribution is 2.36. The van der Waals surface area contributed by atoms with E-state index in [9.17, 15) is 14.3 Å². The fourth-order valence-corrected chi connectivity index (χ4v) is 4.89. The lowest BCUT2D eigenvalue weighted by Gasteiger charge is -2.38. The molecule has 6 nitrogen and oxygen atoms in total. The van der Waals surface area contributed by atoms with E-state index in [1.165, 1.54) is 19.1 Å². The number of halogens is 2. The Morgan fingerprint density at radius 2 is 1.79 bits per heavy atom. The zero-order valence-electron chi connectivity index (χ0n) is 19.3. The summed E-state index contributed by atoms with van der Waals surface area (Å²) in [7, 11) is 6.24. The lowest BCUT2D eigenvalue weighted by molar-refractivity contribution is 0.101. The average Bonchev–Trinajstić information content (AvgIpc) is 2.80. The predicted octanol–water partition coefficient (Wildman–Crippen LogP) is 5.31. The van der Waals surface area contributed by atoms with Crippen LogP contribution in [0.1, 0.15) is 43.0 Å². The summed E-state index contributed by atoms with van der Waals surface area (Å²) in [6, 6.07) is 7.05. The Kier molecular flexibility index (Phi) is 6.54. The van der Waals surface area contributed by atoms with Crippen LogP contribution in [0.15, 0.2) is 30.5 Å². The maximum Gasteiger partial charge on any atom is 0.170 e. The van der Waals surface area contributed by atoms with Gasteiger partial charge in [-0.25, -0.2) is 9.37 Å². The largest absolute Gasteiger partial charge is 0.504 e. The maximum atomic E-state index is 14.1. The molecule has 1 aromatic carbocycles. The number of fused-ring (bicyclic) bond motifs is 1. The quantitative estimate of drug-likeness (QED) is 0.510. The summed E-state index contributed by atoms with van der Waals surface area (Å²) in [5.74, 6) is -1.49. The fraction of sp³-hybridized carbons (Fsp3) is 0.400. The summed E-state index contributed by atoms with van der Waals surface area (Å²) in [4.78, 5) is 26.2. The minimum atomic E-state index is -0.815. The number of ketones is 1. The number of nitrogens with zero attached hydrogens (tertiary/aromatic N) is 4. The van der Waals surface area contributed by atoms with Gasteiger partial charge in [0.25, 0.3) is 0 Å². The summed E-state index contributed by atoms with van der Waals surface area (Å²) in [5.41, 5.74) is 3.41. The summed E-state index contributed by atoms with van der Waals surface area (Å²) in [6.45, 7) is 1.53. The van der Waals surface area contributed by atoms with Gasteiger partial charge in [0.2, 0.25) is 0 Å². The lowest BCUT2D eigenvalue weighted by atomic mass is 9.89. The van der Waals surface area contributed by atoms with Crippen molar-refractivity contribution in [2.24, 2.45) is 0 Å². The van der Waals surface area contributed by atoms with E-state index in [0.29, 0.717) is 33.9 Å². The van der Waals surface area contributed by atoms with Gasteiger partial charge in [-0.15, -0.1) is 0 Å². The van der Waals surface area contributed by atoms with Gasteiger partial charge in [-0.05, 0) is 71.0 Å². The van der Waals surface area contributed by atoms with Crippen molar-refractivity contribution in [2.75, 3.05) is 26.0 Å². The van der Waals surface area contributed by atoms with Gasteiger partial charge in [-0.2, -0.15) is 0 Å². The van der Waals surface area contributed by atoms with Crippen molar-refractivity contribution < 1.29 is 14.3 Å². The van der Waals surface area contributed by atoms with Crippen molar-refractivity contribution in [1.29, 1.82) is 0 Å². The van der Waals surface area contributed by atoms with E-state index in [-0.39, 0.29) is 16.8 Å². The molecule has 174 valence electrons. The van der Waals surface area contributed by atoms with E-state index in [2.05, 4.69) is 28.9 Å². The van der Waals surface area contributed by atoms with Crippen LogP contribution in [0.25, 0.3) is 22.3 Å². The van der Waals surface area contributed by atoms with Gasteiger partial charge in [0.05, 0.1) is 27.5 Å². The number of carbonyl (C=O) groups is 1. The first-order chi connectivity index (χ1) is 15.7. The summed E-state index contributed by atoms with van der Waals surface area (Å²) in [6.07, 6.45) is 5.81. The van der Waals surface area contributed by atoms with Gasteiger partial charge in [0.15, 0.2) is 17.3 Å². The number of Topliss-reactive ketones (excluding diaryl/α,β-unsaturated/α-hetero) is 1. The molecule has 33 heavy (non-hydrogen) atoms. The van der Waals surface area contributed by atoms with Crippen LogP contribution in [0.4, 0.5) is 10.1 Å². The number of phenolic OH excluding ortho intramolecular Hbond substituents is 1. The summed E-state index contributed by atoms with van der Waals surface area (Å²) in [5, 5.41) is 9.59. The third kappa shape index (κ3) is 4.52. The van der Waals surface area contributed by atoms with Crippen LogP contribution in [0.2, 0.25) is 5.02 Å². The van der Waals surface area contributed by atoms with Gasteiger partial charge in [-0.3, -0.25) is 9.78 Å². The number of hydrogen-bond acceptors (Lipinski definition) is 6. The second-order valence-electron chi connectivity index (χ2n) is 8.97. The van der Waals surface area contributed by atoms with Crippen LogP contribution in [-0.4, -0.2) is 59.0 Å². The smallest absolute Gasteiger partial charge is 0.170 e. The molecule has 0 spiro atoms. The first-order valence-corrected chi connectivity index (χ1v) is 11.4. The van der Waals surface area contributed by atoms with Crippen LogP contribution in [0.3, 0.4) is 0 Å². The topological polar surface area (TPSA) is 69.6 Å². The Bertz CT molecular complexity index is 1190. The van der Waals surface area contributed by atoms with E-state index >= 15 is 0 Å². The highest BCUT2D eigenvalue weighted by atomic mass is 35.5. The summed E-state index contributed by atoms with van der Waals surface area (Å²) < 4.78 is 14.1. The predicted molar refractivity (Wildman–Crippen MR) is 130 cm³/mol. The van der Waals surface area contributed by atoms with E-state index < -0.39 is 11.6 Å².